The zero-order valence-electron chi connectivity index (χ0n) is 10.1. The summed E-state index contributed by atoms with van der Waals surface area (Å²) in [6, 6.07) is 1.42. The van der Waals surface area contributed by atoms with Gasteiger partial charge in [0.25, 0.3) is 0 Å². The average Bonchev–Trinajstić information content (AvgIpc) is 2.27. The number of hydrogen-bond donors (Lipinski definition) is 3. The zero-order valence-corrected chi connectivity index (χ0v) is 10.9. The average molecular weight is 252 g/mol. The van der Waals surface area contributed by atoms with Crippen molar-refractivity contribution in [2.75, 3.05) is 12.4 Å². The van der Waals surface area contributed by atoms with Crippen LogP contribution in [0.25, 0.3) is 0 Å². The highest BCUT2D eigenvalue weighted by Gasteiger charge is 2.15. The van der Waals surface area contributed by atoms with Crippen LogP contribution in [0, 0.1) is 6.92 Å². The summed E-state index contributed by atoms with van der Waals surface area (Å²) in [7, 11) is 1.58. The van der Waals surface area contributed by atoms with E-state index in [9.17, 15) is 4.79 Å². The van der Waals surface area contributed by atoms with Gasteiger partial charge in [0.05, 0.1) is 5.56 Å². The van der Waals surface area contributed by atoms with E-state index in [1.54, 1.807) is 20.2 Å². The molecule has 0 aromatic carbocycles. The Morgan fingerprint density at radius 2 is 2.24 bits per heavy atom. The minimum atomic E-state index is -0.401. The molecule has 1 rings (SSSR count). The lowest BCUT2D eigenvalue weighted by atomic mass is 10.1. The highest BCUT2D eigenvalue weighted by atomic mass is 32.1. The Balaban J connectivity index is 3.02. The Bertz CT molecular complexity index is 447. The van der Waals surface area contributed by atoms with Crippen molar-refractivity contribution in [1.29, 1.82) is 0 Å². The molecule has 92 valence electrons. The van der Waals surface area contributed by atoms with E-state index in [0.29, 0.717) is 11.4 Å². The van der Waals surface area contributed by atoms with Gasteiger partial charge in [0.15, 0.2) is 0 Å². The fourth-order valence-electron chi connectivity index (χ4n) is 1.47. The third kappa shape index (κ3) is 3.13. The minimum absolute atomic E-state index is 0.123. The largest absolute Gasteiger partial charge is 0.389 e. The summed E-state index contributed by atoms with van der Waals surface area (Å²) in [6.07, 6.45) is 1.65. The second-order valence-electron chi connectivity index (χ2n) is 3.70. The van der Waals surface area contributed by atoms with Gasteiger partial charge < -0.3 is 16.4 Å². The van der Waals surface area contributed by atoms with E-state index in [0.717, 1.165) is 5.56 Å². The fraction of sp³-hybridized carbons (Fsp3) is 0.364. The Kier molecular flexibility index (Phi) is 4.39. The first-order valence-corrected chi connectivity index (χ1v) is 5.61. The van der Waals surface area contributed by atoms with Gasteiger partial charge in [0.2, 0.25) is 5.91 Å². The molecule has 0 bridgehead atoms. The zero-order chi connectivity index (χ0) is 13.0. The van der Waals surface area contributed by atoms with Crippen LogP contribution in [0.15, 0.2) is 12.3 Å². The van der Waals surface area contributed by atoms with E-state index in [1.807, 2.05) is 13.0 Å². The number of carbonyl (C=O) groups excluding carboxylic acids is 1. The van der Waals surface area contributed by atoms with Crippen molar-refractivity contribution < 1.29 is 4.79 Å². The molecule has 17 heavy (non-hydrogen) atoms. The first-order valence-electron chi connectivity index (χ1n) is 5.21. The number of nitrogens with zero attached hydrogens (tertiary/aromatic N) is 1. The Hall–Kier alpha value is -1.69. The number of aryl methyl sites for hydroxylation is 1. The minimum Gasteiger partial charge on any atom is -0.389 e. The second-order valence-corrected chi connectivity index (χ2v) is 4.14. The molecular formula is C11H16N4OS. The topological polar surface area (TPSA) is 80.0 Å². The molecule has 1 heterocycles. The summed E-state index contributed by atoms with van der Waals surface area (Å²) in [4.78, 5) is 15.8. The van der Waals surface area contributed by atoms with E-state index in [2.05, 4.69) is 15.6 Å². The van der Waals surface area contributed by atoms with Crippen LogP contribution >= 0.6 is 12.2 Å². The number of pyridine rings is 1. The van der Waals surface area contributed by atoms with Crippen LogP contribution in [-0.4, -0.2) is 29.0 Å². The summed E-state index contributed by atoms with van der Waals surface area (Å²) in [6.45, 7) is 3.64. The molecule has 1 amide bonds. The SMILES string of the molecule is CNC(=O)C(C)Nc1nccc(C)c1C(N)=S. The van der Waals surface area contributed by atoms with Gasteiger partial charge in [0, 0.05) is 13.2 Å². The first-order chi connectivity index (χ1) is 7.97. The summed E-state index contributed by atoms with van der Waals surface area (Å²) in [5.41, 5.74) is 7.26. The molecular weight excluding hydrogens is 236 g/mol. The first kappa shape index (κ1) is 13.4. The van der Waals surface area contributed by atoms with Gasteiger partial charge in [-0.3, -0.25) is 4.79 Å². The molecule has 4 N–H and O–H groups in total. The van der Waals surface area contributed by atoms with Crippen LogP contribution in [0.5, 0.6) is 0 Å². The highest BCUT2D eigenvalue weighted by Crippen LogP contribution is 2.17. The molecule has 0 fully saturated rings. The standard InChI is InChI=1S/C11H16N4OS/c1-6-4-5-14-10(8(6)9(12)17)15-7(2)11(16)13-3/h4-5,7H,1-3H3,(H2,12,17)(H,13,16)(H,14,15). The quantitative estimate of drug-likeness (QED) is 0.683. The summed E-state index contributed by atoms with van der Waals surface area (Å²) >= 11 is 4.98. The van der Waals surface area contributed by atoms with Crippen molar-refractivity contribution in [3.63, 3.8) is 0 Å². The molecule has 6 heteroatoms. The fourth-order valence-corrected chi connectivity index (χ4v) is 1.72. The maximum absolute atomic E-state index is 11.4. The van der Waals surface area contributed by atoms with Crippen molar-refractivity contribution in [2.24, 2.45) is 5.73 Å². The summed E-state index contributed by atoms with van der Waals surface area (Å²) in [5.74, 6) is 0.413. The molecule has 1 atom stereocenters. The number of nitrogens with one attached hydrogen (secondary N) is 2. The van der Waals surface area contributed by atoms with E-state index < -0.39 is 6.04 Å². The number of nitrogens with two attached hydrogens (primary N) is 1. The molecule has 0 aliphatic rings. The van der Waals surface area contributed by atoms with Crippen LogP contribution in [0.3, 0.4) is 0 Å². The lowest BCUT2D eigenvalue weighted by Gasteiger charge is -2.16. The predicted octanol–water partition coefficient (Wildman–Crippen LogP) is 0.571. The van der Waals surface area contributed by atoms with E-state index in [-0.39, 0.29) is 10.9 Å². The number of amides is 1. The van der Waals surface area contributed by atoms with Crippen molar-refractivity contribution in [2.45, 2.75) is 19.9 Å². The van der Waals surface area contributed by atoms with E-state index >= 15 is 0 Å². The number of carbonyl (C=O) groups is 1. The van der Waals surface area contributed by atoms with Gasteiger partial charge in [-0.15, -0.1) is 0 Å². The Labute approximate surface area is 106 Å². The number of thiocarbonyl (C=S) groups is 1. The third-order valence-electron chi connectivity index (χ3n) is 2.40. The van der Waals surface area contributed by atoms with Crippen molar-refractivity contribution in [3.05, 3.63) is 23.4 Å². The van der Waals surface area contributed by atoms with Gasteiger partial charge in [0.1, 0.15) is 16.8 Å². The normalized spacial score (nSPS) is 11.7. The summed E-state index contributed by atoms with van der Waals surface area (Å²) in [5, 5.41) is 5.55. The molecule has 0 spiro atoms. The van der Waals surface area contributed by atoms with Gasteiger partial charge in [-0.25, -0.2) is 4.98 Å². The van der Waals surface area contributed by atoms with Crippen molar-refractivity contribution in [1.82, 2.24) is 10.3 Å². The lowest BCUT2D eigenvalue weighted by Crippen LogP contribution is -2.36. The monoisotopic (exact) mass is 252 g/mol. The van der Waals surface area contributed by atoms with Gasteiger partial charge in [-0.2, -0.15) is 0 Å². The van der Waals surface area contributed by atoms with E-state index in [1.165, 1.54) is 0 Å². The molecule has 0 aliphatic carbocycles. The van der Waals surface area contributed by atoms with Crippen LogP contribution in [0.4, 0.5) is 5.82 Å². The number of aromatic nitrogens is 1. The maximum atomic E-state index is 11.4. The highest BCUT2D eigenvalue weighted by molar-refractivity contribution is 7.80. The van der Waals surface area contributed by atoms with Crippen molar-refractivity contribution in [3.8, 4) is 0 Å². The second kappa shape index (κ2) is 5.58. The van der Waals surface area contributed by atoms with Gasteiger partial charge in [-0.1, -0.05) is 12.2 Å². The molecule has 0 saturated carbocycles. The molecule has 0 aliphatic heterocycles. The van der Waals surface area contributed by atoms with Gasteiger partial charge >= 0.3 is 0 Å². The smallest absolute Gasteiger partial charge is 0.241 e. The number of anilines is 1. The van der Waals surface area contributed by atoms with Gasteiger partial charge in [-0.05, 0) is 25.5 Å². The van der Waals surface area contributed by atoms with Crippen molar-refractivity contribution >= 4 is 28.9 Å². The van der Waals surface area contributed by atoms with E-state index in [4.69, 9.17) is 18.0 Å². The Morgan fingerprint density at radius 3 is 2.76 bits per heavy atom. The maximum Gasteiger partial charge on any atom is 0.241 e. The predicted molar refractivity (Wildman–Crippen MR) is 72.0 cm³/mol. The number of likely N-dealkylation sites (N-methyl/N-ethyl adjacent to an activating group) is 1. The van der Waals surface area contributed by atoms with Crippen LogP contribution in [0.2, 0.25) is 0 Å². The van der Waals surface area contributed by atoms with Crippen LogP contribution in [-0.2, 0) is 4.79 Å². The number of hydrogen-bond acceptors (Lipinski definition) is 4. The molecule has 1 unspecified atom stereocenters. The molecule has 5 nitrogen and oxygen atoms in total. The molecule has 0 radical (unpaired) electrons. The Morgan fingerprint density at radius 1 is 1.59 bits per heavy atom. The molecule has 1 aromatic heterocycles. The van der Waals surface area contributed by atoms with Crippen LogP contribution in [0.1, 0.15) is 18.1 Å². The number of rotatable bonds is 4. The van der Waals surface area contributed by atoms with Crippen LogP contribution < -0.4 is 16.4 Å². The molecule has 0 saturated heterocycles. The third-order valence-corrected chi connectivity index (χ3v) is 2.60. The molecule has 1 aromatic rings. The summed E-state index contributed by atoms with van der Waals surface area (Å²) < 4.78 is 0. The lowest BCUT2D eigenvalue weighted by molar-refractivity contribution is -0.121.